The molecule has 1 saturated heterocycles. The molecule has 1 aromatic carbocycles. The second-order valence-corrected chi connectivity index (χ2v) is 6.00. The number of aliphatic hydroxyl groups excluding tert-OH is 1. The zero-order valence-corrected chi connectivity index (χ0v) is 10.2. The summed E-state index contributed by atoms with van der Waals surface area (Å²) in [7, 11) is -3.76. The molecular weight excluding hydrogens is 260 g/mol. The molecular formula is C10H12N2O5S. The summed E-state index contributed by atoms with van der Waals surface area (Å²) < 4.78 is 25.4. The van der Waals surface area contributed by atoms with Crippen LogP contribution in [0, 0.1) is 10.1 Å². The van der Waals surface area contributed by atoms with Crippen LogP contribution in [-0.4, -0.2) is 41.9 Å². The molecule has 0 bridgehead atoms. The van der Waals surface area contributed by atoms with E-state index in [-0.39, 0.29) is 23.7 Å². The number of β-amino-alcohol motifs (C(OH)–C–C–N with tert-alkyl or cyclic N) is 1. The standard InChI is InChI=1S/C10H12N2O5S/c13-9-4-5-11(7-9)18(16,17)10-3-1-2-8(6-10)12(14)15/h1-3,6,9,13H,4-5,7H2/t9-/m1/s1. The number of nitro groups is 1. The van der Waals surface area contributed by atoms with Crippen LogP contribution in [0.5, 0.6) is 0 Å². The van der Waals surface area contributed by atoms with Gasteiger partial charge in [-0.2, -0.15) is 4.31 Å². The fourth-order valence-corrected chi connectivity index (χ4v) is 3.37. The van der Waals surface area contributed by atoms with E-state index in [1.54, 1.807) is 0 Å². The summed E-state index contributed by atoms with van der Waals surface area (Å²) in [4.78, 5) is 9.85. The third kappa shape index (κ3) is 2.35. The molecule has 1 aliphatic heterocycles. The predicted octanol–water partition coefficient (Wildman–Crippen LogP) is 0.350. The number of sulfonamides is 1. The van der Waals surface area contributed by atoms with Gasteiger partial charge in [0.1, 0.15) is 0 Å². The maximum Gasteiger partial charge on any atom is 0.270 e. The van der Waals surface area contributed by atoms with Gasteiger partial charge in [0, 0.05) is 25.2 Å². The van der Waals surface area contributed by atoms with Crippen molar-refractivity contribution < 1.29 is 18.4 Å². The molecule has 1 fully saturated rings. The minimum atomic E-state index is -3.76. The van der Waals surface area contributed by atoms with Crippen molar-refractivity contribution in [2.24, 2.45) is 0 Å². The van der Waals surface area contributed by atoms with Gasteiger partial charge in [0.25, 0.3) is 5.69 Å². The fourth-order valence-electron chi connectivity index (χ4n) is 1.84. The lowest BCUT2D eigenvalue weighted by atomic mass is 10.3. The summed E-state index contributed by atoms with van der Waals surface area (Å²) in [6.45, 7) is 0.261. The lowest BCUT2D eigenvalue weighted by Gasteiger charge is -2.15. The van der Waals surface area contributed by atoms with E-state index in [4.69, 9.17) is 0 Å². The Morgan fingerprint density at radius 1 is 1.44 bits per heavy atom. The average molecular weight is 272 g/mol. The number of hydrogen-bond acceptors (Lipinski definition) is 5. The second-order valence-electron chi connectivity index (χ2n) is 4.06. The second kappa shape index (κ2) is 4.63. The lowest BCUT2D eigenvalue weighted by Crippen LogP contribution is -2.29. The van der Waals surface area contributed by atoms with Gasteiger partial charge in [-0.05, 0) is 12.5 Å². The number of nitrogens with zero attached hydrogens (tertiary/aromatic N) is 2. The van der Waals surface area contributed by atoms with Crippen LogP contribution in [-0.2, 0) is 10.0 Å². The summed E-state index contributed by atoms with van der Waals surface area (Å²) in [5.74, 6) is 0. The van der Waals surface area contributed by atoms with Gasteiger partial charge in [0.2, 0.25) is 10.0 Å². The van der Waals surface area contributed by atoms with Crippen LogP contribution >= 0.6 is 0 Å². The summed E-state index contributed by atoms with van der Waals surface area (Å²) in [5, 5.41) is 19.9. The van der Waals surface area contributed by atoms with Crippen LogP contribution in [0.4, 0.5) is 5.69 Å². The molecule has 0 unspecified atom stereocenters. The number of nitro benzene ring substituents is 1. The molecule has 7 nitrogen and oxygen atoms in total. The monoisotopic (exact) mass is 272 g/mol. The van der Waals surface area contributed by atoms with Crippen LogP contribution < -0.4 is 0 Å². The Morgan fingerprint density at radius 2 is 2.17 bits per heavy atom. The number of rotatable bonds is 3. The first kappa shape index (κ1) is 12.9. The molecule has 0 amide bonds. The molecule has 2 rings (SSSR count). The predicted molar refractivity (Wildman–Crippen MR) is 62.5 cm³/mol. The van der Waals surface area contributed by atoms with Crippen LogP contribution in [0.3, 0.4) is 0 Å². The highest BCUT2D eigenvalue weighted by Gasteiger charge is 2.32. The highest BCUT2D eigenvalue weighted by atomic mass is 32.2. The van der Waals surface area contributed by atoms with E-state index in [0.717, 1.165) is 10.4 Å². The van der Waals surface area contributed by atoms with Crippen molar-refractivity contribution in [2.45, 2.75) is 17.4 Å². The Balaban J connectivity index is 2.35. The summed E-state index contributed by atoms with van der Waals surface area (Å²) in [5.41, 5.74) is -0.268. The van der Waals surface area contributed by atoms with Crippen LogP contribution in [0.2, 0.25) is 0 Å². The number of aliphatic hydroxyl groups is 1. The smallest absolute Gasteiger partial charge is 0.270 e. The molecule has 0 spiro atoms. The first-order chi connectivity index (χ1) is 8.41. The molecule has 0 aliphatic carbocycles. The van der Waals surface area contributed by atoms with Crippen LogP contribution in [0.15, 0.2) is 29.2 Å². The van der Waals surface area contributed by atoms with Crippen molar-refractivity contribution >= 4 is 15.7 Å². The Hall–Kier alpha value is -1.51. The van der Waals surface area contributed by atoms with Gasteiger partial charge >= 0.3 is 0 Å². The molecule has 1 N–H and O–H groups in total. The maximum absolute atomic E-state index is 12.1. The van der Waals surface area contributed by atoms with Crippen LogP contribution in [0.25, 0.3) is 0 Å². The Morgan fingerprint density at radius 3 is 2.72 bits per heavy atom. The molecule has 1 aromatic rings. The molecule has 0 aromatic heterocycles. The molecule has 0 saturated carbocycles. The van der Waals surface area contributed by atoms with Crippen molar-refractivity contribution in [1.29, 1.82) is 0 Å². The van der Waals surface area contributed by atoms with Gasteiger partial charge < -0.3 is 5.11 Å². The SMILES string of the molecule is O=[N+]([O-])c1cccc(S(=O)(=O)N2CC[C@@H](O)C2)c1. The molecule has 98 valence electrons. The lowest BCUT2D eigenvalue weighted by molar-refractivity contribution is -0.385. The fraction of sp³-hybridized carbons (Fsp3) is 0.400. The van der Waals surface area contributed by atoms with Crippen LogP contribution in [0.1, 0.15) is 6.42 Å². The Bertz CT molecular complexity index is 571. The number of hydrogen-bond donors (Lipinski definition) is 1. The number of non-ortho nitro benzene ring substituents is 1. The normalized spacial score (nSPS) is 21.1. The summed E-state index contributed by atoms with van der Waals surface area (Å²) in [6.07, 6.45) is -0.285. The van der Waals surface area contributed by atoms with E-state index in [2.05, 4.69) is 0 Å². The average Bonchev–Trinajstić information content (AvgIpc) is 2.77. The summed E-state index contributed by atoms with van der Waals surface area (Å²) in [6, 6.07) is 4.91. The third-order valence-corrected chi connectivity index (χ3v) is 4.65. The minimum absolute atomic E-state index is 0.0328. The topological polar surface area (TPSA) is 101 Å². The molecule has 1 aliphatic rings. The van der Waals surface area contributed by atoms with Crippen molar-refractivity contribution in [1.82, 2.24) is 4.31 Å². The van der Waals surface area contributed by atoms with Gasteiger partial charge in [-0.25, -0.2) is 8.42 Å². The molecule has 0 radical (unpaired) electrons. The zero-order chi connectivity index (χ0) is 13.3. The Kier molecular flexibility index (Phi) is 3.33. The quantitative estimate of drug-likeness (QED) is 0.632. The molecule has 1 atom stereocenters. The van der Waals surface area contributed by atoms with Crippen molar-refractivity contribution in [2.75, 3.05) is 13.1 Å². The molecule has 18 heavy (non-hydrogen) atoms. The number of benzene rings is 1. The Labute approximate surface area is 104 Å². The van der Waals surface area contributed by atoms with Gasteiger partial charge in [0.15, 0.2) is 0 Å². The van der Waals surface area contributed by atoms with E-state index >= 15 is 0 Å². The first-order valence-electron chi connectivity index (χ1n) is 5.34. The van der Waals surface area contributed by atoms with Gasteiger partial charge in [0.05, 0.1) is 15.9 Å². The largest absolute Gasteiger partial charge is 0.392 e. The van der Waals surface area contributed by atoms with Gasteiger partial charge in [-0.3, -0.25) is 10.1 Å². The van der Waals surface area contributed by atoms with E-state index in [9.17, 15) is 23.6 Å². The molecule has 8 heteroatoms. The third-order valence-electron chi connectivity index (χ3n) is 2.79. The van der Waals surface area contributed by atoms with Gasteiger partial charge in [-0.15, -0.1) is 0 Å². The zero-order valence-electron chi connectivity index (χ0n) is 9.39. The maximum atomic E-state index is 12.1. The van der Waals surface area contributed by atoms with E-state index < -0.39 is 21.1 Å². The van der Waals surface area contributed by atoms with E-state index in [0.29, 0.717) is 6.42 Å². The molecule has 1 heterocycles. The highest BCUT2D eigenvalue weighted by Crippen LogP contribution is 2.23. The summed E-state index contributed by atoms with van der Waals surface area (Å²) >= 11 is 0. The van der Waals surface area contributed by atoms with E-state index in [1.165, 1.54) is 18.2 Å². The van der Waals surface area contributed by atoms with Crippen molar-refractivity contribution in [3.05, 3.63) is 34.4 Å². The highest BCUT2D eigenvalue weighted by molar-refractivity contribution is 7.89. The first-order valence-corrected chi connectivity index (χ1v) is 6.78. The van der Waals surface area contributed by atoms with E-state index in [1.807, 2.05) is 0 Å². The van der Waals surface area contributed by atoms with Crippen molar-refractivity contribution in [3.63, 3.8) is 0 Å². The minimum Gasteiger partial charge on any atom is -0.392 e. The van der Waals surface area contributed by atoms with Crippen molar-refractivity contribution in [3.8, 4) is 0 Å². The van der Waals surface area contributed by atoms with Gasteiger partial charge in [-0.1, -0.05) is 6.07 Å².